The number of hydrogen-bond acceptors (Lipinski definition) is 5. The van der Waals surface area contributed by atoms with E-state index in [-0.39, 0.29) is 12.5 Å². The predicted molar refractivity (Wildman–Crippen MR) is 106 cm³/mol. The van der Waals surface area contributed by atoms with Crippen LogP contribution in [0, 0.1) is 5.92 Å². The topological polar surface area (TPSA) is 59.5 Å². The molecule has 1 aromatic carbocycles. The molecule has 1 saturated heterocycles. The molecule has 1 saturated carbocycles. The highest BCUT2D eigenvalue weighted by atomic mass is 32.1. The van der Waals surface area contributed by atoms with E-state index in [4.69, 9.17) is 4.74 Å². The Balaban J connectivity index is 1.31. The van der Waals surface area contributed by atoms with Crippen LogP contribution in [-0.4, -0.2) is 41.0 Å². The van der Waals surface area contributed by atoms with Crippen molar-refractivity contribution in [3.05, 3.63) is 35.3 Å². The van der Waals surface area contributed by atoms with Crippen LogP contribution < -0.4 is 0 Å². The molecule has 142 valence electrons. The van der Waals surface area contributed by atoms with Crippen LogP contribution in [0.4, 0.5) is 0 Å². The lowest BCUT2D eigenvalue weighted by Crippen LogP contribution is -2.50. The fraction of sp³-hybridized carbons (Fsp3) is 0.476. The quantitative estimate of drug-likeness (QED) is 0.590. The first kappa shape index (κ1) is 18.2. The number of ether oxygens (including phenoxy) is 1. The number of piperidine rings is 1. The molecule has 1 amide bonds. The monoisotopic (exact) mass is 384 g/mol. The average Bonchev–Trinajstić information content (AvgIpc) is 3.13. The molecule has 0 radical (unpaired) electrons. The Morgan fingerprint density at radius 3 is 2.89 bits per heavy atom. The first-order chi connectivity index (χ1) is 13.2. The molecule has 1 aromatic heterocycles. The van der Waals surface area contributed by atoms with Crippen molar-refractivity contribution in [2.75, 3.05) is 13.2 Å². The zero-order chi connectivity index (χ0) is 18.6. The van der Waals surface area contributed by atoms with Crippen molar-refractivity contribution in [2.45, 2.75) is 44.6 Å². The summed E-state index contributed by atoms with van der Waals surface area (Å²) >= 11 is 1.52. The van der Waals surface area contributed by atoms with Crippen LogP contribution >= 0.6 is 11.3 Å². The van der Waals surface area contributed by atoms with Gasteiger partial charge < -0.3 is 9.64 Å². The van der Waals surface area contributed by atoms with Crippen molar-refractivity contribution in [2.24, 2.45) is 5.92 Å². The average molecular weight is 385 g/mol. The lowest BCUT2D eigenvalue weighted by molar-refractivity contribution is -0.151. The van der Waals surface area contributed by atoms with Gasteiger partial charge in [-0.15, -0.1) is 11.3 Å². The van der Waals surface area contributed by atoms with Crippen molar-refractivity contribution < 1.29 is 14.3 Å². The number of amides is 1. The Morgan fingerprint density at radius 1 is 1.19 bits per heavy atom. The molecule has 27 heavy (non-hydrogen) atoms. The fourth-order valence-corrected chi connectivity index (χ4v) is 5.17. The van der Waals surface area contributed by atoms with E-state index in [0.29, 0.717) is 12.0 Å². The van der Waals surface area contributed by atoms with Crippen LogP contribution in [0.3, 0.4) is 0 Å². The van der Waals surface area contributed by atoms with Gasteiger partial charge in [-0.25, -0.2) is 9.78 Å². The molecule has 0 N–H and O–H groups in total. The first-order valence-corrected chi connectivity index (χ1v) is 10.5. The van der Waals surface area contributed by atoms with Crippen molar-refractivity contribution in [1.82, 2.24) is 9.88 Å². The highest BCUT2D eigenvalue weighted by Crippen LogP contribution is 2.35. The largest absolute Gasteiger partial charge is 0.452 e. The van der Waals surface area contributed by atoms with Crippen LogP contribution in [0.1, 0.15) is 43.5 Å². The second-order valence-corrected chi connectivity index (χ2v) is 8.36. The van der Waals surface area contributed by atoms with Crippen LogP contribution in [0.5, 0.6) is 0 Å². The van der Waals surface area contributed by atoms with E-state index in [2.05, 4.69) is 4.98 Å². The summed E-state index contributed by atoms with van der Waals surface area (Å²) < 4.78 is 6.27. The highest BCUT2D eigenvalue weighted by Gasteiger charge is 2.35. The van der Waals surface area contributed by atoms with Gasteiger partial charge in [0.05, 0.1) is 10.2 Å². The van der Waals surface area contributed by atoms with E-state index in [0.717, 1.165) is 34.6 Å². The Kier molecular flexibility index (Phi) is 5.53. The van der Waals surface area contributed by atoms with Crippen LogP contribution in [-0.2, 0) is 14.3 Å². The number of thiazole rings is 1. The van der Waals surface area contributed by atoms with Gasteiger partial charge in [0.1, 0.15) is 5.01 Å². The van der Waals surface area contributed by atoms with Crippen molar-refractivity contribution in [3.63, 3.8) is 0 Å². The van der Waals surface area contributed by atoms with Crippen LogP contribution in [0.25, 0.3) is 16.3 Å². The van der Waals surface area contributed by atoms with Gasteiger partial charge in [0, 0.05) is 18.7 Å². The minimum absolute atomic E-state index is 0.0617. The first-order valence-electron chi connectivity index (χ1n) is 9.70. The molecule has 1 aliphatic carbocycles. The van der Waals surface area contributed by atoms with E-state index in [1.807, 2.05) is 29.2 Å². The van der Waals surface area contributed by atoms with Crippen molar-refractivity contribution in [1.29, 1.82) is 0 Å². The van der Waals surface area contributed by atoms with E-state index in [1.165, 1.54) is 43.1 Å². The van der Waals surface area contributed by atoms with Gasteiger partial charge in [-0.3, -0.25) is 4.79 Å². The third-order valence-corrected chi connectivity index (χ3v) is 6.58. The SMILES string of the molecule is O=C(/C=C/c1nc2ccccc2s1)OCC(=O)N1CCC[C@H]2CCCC[C@H]21. The summed E-state index contributed by atoms with van der Waals surface area (Å²) in [5, 5.41) is 0.751. The number of fused-ring (bicyclic) bond motifs is 2. The smallest absolute Gasteiger partial charge is 0.331 e. The molecule has 0 bridgehead atoms. The maximum atomic E-state index is 12.6. The maximum absolute atomic E-state index is 12.6. The molecule has 5 nitrogen and oxygen atoms in total. The Bertz CT molecular complexity index is 825. The third-order valence-electron chi connectivity index (χ3n) is 5.57. The molecular weight excluding hydrogens is 360 g/mol. The number of rotatable bonds is 4. The number of aromatic nitrogens is 1. The highest BCUT2D eigenvalue weighted by molar-refractivity contribution is 7.19. The van der Waals surface area contributed by atoms with Gasteiger partial charge in [0.25, 0.3) is 5.91 Å². The summed E-state index contributed by atoms with van der Waals surface area (Å²) in [6.45, 7) is 0.616. The summed E-state index contributed by atoms with van der Waals surface area (Å²) in [5.41, 5.74) is 0.915. The van der Waals surface area contributed by atoms with Gasteiger partial charge in [0.2, 0.25) is 0 Å². The number of hydrogen-bond donors (Lipinski definition) is 0. The normalized spacial score (nSPS) is 22.7. The number of para-hydroxylation sites is 1. The lowest BCUT2D eigenvalue weighted by Gasteiger charge is -2.44. The number of likely N-dealkylation sites (tertiary alicyclic amines) is 1. The minimum Gasteiger partial charge on any atom is -0.452 e. The predicted octanol–water partition coefficient (Wildman–Crippen LogP) is 4.03. The lowest BCUT2D eigenvalue weighted by atomic mass is 9.78. The Labute approximate surface area is 163 Å². The second-order valence-electron chi connectivity index (χ2n) is 7.30. The number of carbonyl (C=O) groups excluding carboxylic acids is 2. The van der Waals surface area contributed by atoms with E-state index >= 15 is 0 Å². The summed E-state index contributed by atoms with van der Waals surface area (Å²) in [4.78, 5) is 31.0. The molecular formula is C21H24N2O3S. The number of nitrogens with zero attached hydrogens (tertiary/aromatic N) is 2. The number of benzene rings is 1. The van der Waals surface area contributed by atoms with Crippen molar-refractivity contribution in [3.8, 4) is 0 Å². The zero-order valence-electron chi connectivity index (χ0n) is 15.3. The third kappa shape index (κ3) is 4.21. The standard InChI is InChI=1S/C21H24N2O3S/c24-20(23-13-5-7-15-6-1-3-9-17(15)23)14-26-21(25)12-11-19-22-16-8-2-4-10-18(16)27-19/h2,4,8,10-12,15,17H,1,3,5-7,9,13-14H2/b12-11+/t15-,17-/m1/s1. The van der Waals surface area contributed by atoms with Gasteiger partial charge in [-0.1, -0.05) is 25.0 Å². The molecule has 2 aliphatic rings. The van der Waals surface area contributed by atoms with Crippen molar-refractivity contribution >= 4 is 39.5 Å². The molecule has 2 atom stereocenters. The van der Waals surface area contributed by atoms with Gasteiger partial charge in [-0.05, 0) is 49.8 Å². The molecule has 2 heterocycles. The molecule has 6 heteroatoms. The molecule has 2 aromatic rings. The summed E-state index contributed by atoms with van der Waals surface area (Å²) in [6.07, 6.45) is 10.0. The minimum atomic E-state index is -0.500. The van der Waals surface area contributed by atoms with Gasteiger partial charge >= 0.3 is 5.97 Å². The summed E-state index contributed by atoms with van der Waals surface area (Å²) in [5.74, 6) is 0.0687. The van der Waals surface area contributed by atoms with Crippen LogP contribution in [0.15, 0.2) is 30.3 Å². The van der Waals surface area contributed by atoms with E-state index in [9.17, 15) is 9.59 Å². The van der Waals surface area contributed by atoms with E-state index < -0.39 is 5.97 Å². The number of esters is 1. The van der Waals surface area contributed by atoms with Gasteiger partial charge in [0.15, 0.2) is 6.61 Å². The maximum Gasteiger partial charge on any atom is 0.331 e. The second kappa shape index (κ2) is 8.21. The zero-order valence-corrected chi connectivity index (χ0v) is 16.1. The van der Waals surface area contributed by atoms with Gasteiger partial charge in [-0.2, -0.15) is 0 Å². The molecule has 0 unspecified atom stereocenters. The summed E-state index contributed by atoms with van der Waals surface area (Å²) in [6, 6.07) is 8.19. The molecule has 4 rings (SSSR count). The Hall–Kier alpha value is -2.21. The number of carbonyl (C=O) groups is 2. The Morgan fingerprint density at radius 2 is 2.00 bits per heavy atom. The fourth-order valence-electron chi connectivity index (χ4n) is 4.30. The molecule has 2 fully saturated rings. The molecule has 1 aliphatic heterocycles. The van der Waals surface area contributed by atoms with Crippen LogP contribution in [0.2, 0.25) is 0 Å². The molecule has 0 spiro atoms. The van der Waals surface area contributed by atoms with E-state index in [1.54, 1.807) is 6.08 Å². The summed E-state index contributed by atoms with van der Waals surface area (Å²) in [7, 11) is 0.